The van der Waals surface area contributed by atoms with E-state index in [1.165, 1.54) is 0 Å². The molecule has 0 aromatic heterocycles. The van der Waals surface area contributed by atoms with Gasteiger partial charge in [0.25, 0.3) is 0 Å². The first-order chi connectivity index (χ1) is 2.91. The SMILES string of the molecule is NCC[NH][Ir][NH2]. The first kappa shape index (κ1) is 6.53. The third kappa shape index (κ3) is 4.53. The Labute approximate surface area is 46.0 Å². The molecule has 0 fully saturated rings. The van der Waals surface area contributed by atoms with Crippen molar-refractivity contribution < 1.29 is 18.2 Å². The number of rotatable bonds is 3. The first-order valence-corrected chi connectivity index (χ1v) is 4.20. The van der Waals surface area contributed by atoms with Crippen LogP contribution in [0.4, 0.5) is 0 Å². The van der Waals surface area contributed by atoms with Crippen molar-refractivity contribution in [2.75, 3.05) is 13.1 Å². The number of hydrogen-bond donors (Lipinski definition) is 3. The summed E-state index contributed by atoms with van der Waals surface area (Å²) in [6.07, 6.45) is 0. The second-order valence-electron chi connectivity index (χ2n) is 0.753. The van der Waals surface area contributed by atoms with Gasteiger partial charge in [-0.2, -0.15) is 0 Å². The summed E-state index contributed by atoms with van der Waals surface area (Å²) in [5.74, 6) is 0. The zero-order valence-corrected chi connectivity index (χ0v) is 5.80. The van der Waals surface area contributed by atoms with Crippen LogP contribution in [0.15, 0.2) is 0 Å². The van der Waals surface area contributed by atoms with Crippen molar-refractivity contribution in [1.29, 1.82) is 0 Å². The van der Waals surface area contributed by atoms with Crippen LogP contribution in [0.25, 0.3) is 0 Å². The molecule has 0 unspecified atom stereocenters. The van der Waals surface area contributed by atoms with Gasteiger partial charge in [0, 0.05) is 0 Å². The molecule has 0 saturated carbocycles. The van der Waals surface area contributed by atoms with Crippen molar-refractivity contribution in [2.24, 2.45) is 10.1 Å². The monoisotopic (exact) mass is 268 g/mol. The molecule has 0 aliphatic rings. The van der Waals surface area contributed by atoms with Crippen LogP contribution in [0.1, 0.15) is 0 Å². The average molecular weight is 267 g/mol. The normalized spacial score (nSPS) is 9.67. The molecule has 41 valence electrons. The Morgan fingerprint density at radius 1 is 1.67 bits per heavy atom. The predicted octanol–water partition coefficient (Wildman–Crippen LogP) is -1.59. The van der Waals surface area contributed by atoms with Crippen LogP contribution in [-0.4, -0.2) is 13.1 Å². The van der Waals surface area contributed by atoms with Gasteiger partial charge in [-0.15, -0.1) is 0 Å². The van der Waals surface area contributed by atoms with E-state index >= 15 is 0 Å². The van der Waals surface area contributed by atoms with E-state index in [4.69, 9.17) is 10.1 Å². The van der Waals surface area contributed by atoms with Gasteiger partial charge in [0.15, 0.2) is 0 Å². The summed E-state index contributed by atoms with van der Waals surface area (Å²) in [6.45, 7) is 1.57. The third-order valence-electron chi connectivity index (χ3n) is 0.296. The van der Waals surface area contributed by atoms with Gasteiger partial charge in [0.2, 0.25) is 0 Å². The van der Waals surface area contributed by atoms with Crippen LogP contribution < -0.4 is 14.1 Å². The van der Waals surface area contributed by atoms with Gasteiger partial charge in [-0.3, -0.25) is 0 Å². The van der Waals surface area contributed by atoms with Gasteiger partial charge in [-0.25, -0.2) is 0 Å². The van der Waals surface area contributed by atoms with E-state index in [2.05, 4.69) is 3.99 Å². The van der Waals surface area contributed by atoms with E-state index in [0.717, 1.165) is 6.54 Å². The van der Waals surface area contributed by atoms with Crippen molar-refractivity contribution >= 4 is 0 Å². The molecule has 6 heavy (non-hydrogen) atoms. The molecule has 0 aromatic rings. The Balaban J connectivity index is 2.34. The van der Waals surface area contributed by atoms with Gasteiger partial charge in [-0.05, 0) is 0 Å². The molecule has 3 nitrogen and oxygen atoms in total. The van der Waals surface area contributed by atoms with Gasteiger partial charge in [0.05, 0.1) is 0 Å². The molecule has 0 spiro atoms. The minimum absolute atomic E-state index is 0.332. The van der Waals surface area contributed by atoms with E-state index in [0.29, 0.717) is 6.54 Å². The standard InChI is InChI=1S/C2H7N2.Ir.H2N/c3-1-2-4;;/h3H,1-2,4H2;;1H2/q-1;+2;-1. The van der Waals surface area contributed by atoms with Gasteiger partial charge in [0.1, 0.15) is 0 Å². The maximum atomic E-state index is 5.17. The van der Waals surface area contributed by atoms with Crippen LogP contribution in [0.3, 0.4) is 0 Å². The molecule has 5 N–H and O–H groups in total. The second kappa shape index (κ2) is 5.53. The zero-order chi connectivity index (χ0) is 4.83. The van der Waals surface area contributed by atoms with Crippen LogP contribution in [0.5, 0.6) is 0 Å². The van der Waals surface area contributed by atoms with E-state index in [1.807, 2.05) is 0 Å². The molecule has 0 amide bonds. The fourth-order valence-corrected chi connectivity index (χ4v) is 0.788. The topological polar surface area (TPSA) is 64.1 Å². The number of nitrogens with one attached hydrogen (secondary N) is 1. The molecular weight excluding hydrogens is 258 g/mol. The summed E-state index contributed by atoms with van der Waals surface area (Å²) in [7, 11) is 0. The van der Waals surface area contributed by atoms with Crippen LogP contribution in [0, 0.1) is 0 Å². The van der Waals surface area contributed by atoms with Gasteiger partial charge in [-0.1, -0.05) is 0 Å². The summed E-state index contributed by atoms with van der Waals surface area (Å²) in [4.78, 5) is 0. The summed E-state index contributed by atoms with van der Waals surface area (Å²) in [5, 5.41) is 0. The summed E-state index contributed by atoms with van der Waals surface area (Å²) in [5.41, 5.74) is 5.12. The summed E-state index contributed by atoms with van der Waals surface area (Å²) in [6, 6.07) is 0. The maximum absolute atomic E-state index is 5.17. The van der Waals surface area contributed by atoms with Crippen molar-refractivity contribution in [2.45, 2.75) is 0 Å². The Hall–Kier alpha value is 0.529. The Kier molecular flexibility index (Phi) is 6.02. The van der Waals surface area contributed by atoms with Crippen LogP contribution in [-0.2, 0) is 18.2 Å². The molecule has 0 heterocycles. The summed E-state index contributed by atoms with van der Waals surface area (Å²) < 4.78 is 8.15. The molecule has 4 heteroatoms. The molecule has 0 bridgehead atoms. The first-order valence-electron chi connectivity index (χ1n) is 1.62. The molecule has 0 radical (unpaired) electrons. The molecule has 0 aliphatic carbocycles. The van der Waals surface area contributed by atoms with Gasteiger partial charge >= 0.3 is 45.4 Å². The minimum atomic E-state index is -0.332. The summed E-state index contributed by atoms with van der Waals surface area (Å²) >= 11 is -0.332. The number of hydrogen-bond acceptors (Lipinski definition) is 3. The van der Waals surface area contributed by atoms with Crippen molar-refractivity contribution in [3.8, 4) is 0 Å². The Morgan fingerprint density at radius 3 is 2.50 bits per heavy atom. The van der Waals surface area contributed by atoms with Crippen molar-refractivity contribution in [1.82, 2.24) is 3.99 Å². The third-order valence-corrected chi connectivity index (χ3v) is 1.38. The zero-order valence-electron chi connectivity index (χ0n) is 3.40. The van der Waals surface area contributed by atoms with E-state index < -0.39 is 0 Å². The van der Waals surface area contributed by atoms with Crippen molar-refractivity contribution in [3.05, 3.63) is 0 Å². The molecule has 0 aliphatic heterocycles. The van der Waals surface area contributed by atoms with E-state index in [-0.39, 0.29) is 18.2 Å². The fraction of sp³-hybridized carbons (Fsp3) is 1.00. The predicted molar refractivity (Wildman–Crippen MR) is 21.2 cm³/mol. The van der Waals surface area contributed by atoms with Gasteiger partial charge < -0.3 is 0 Å². The Morgan fingerprint density at radius 2 is 2.33 bits per heavy atom. The average Bonchev–Trinajstić information content (AvgIpc) is 1.61. The number of nitrogens with two attached hydrogens (primary N) is 2. The van der Waals surface area contributed by atoms with Crippen LogP contribution >= 0.6 is 0 Å². The molecule has 0 aromatic carbocycles. The molecule has 0 rings (SSSR count). The molecular formula is C2H9IrN3. The molecule has 0 saturated heterocycles. The van der Waals surface area contributed by atoms with E-state index in [9.17, 15) is 0 Å². The molecule has 0 atom stereocenters. The van der Waals surface area contributed by atoms with Crippen LogP contribution in [0.2, 0.25) is 0 Å². The Bertz CT molecular complexity index is 20.8. The van der Waals surface area contributed by atoms with E-state index in [1.54, 1.807) is 0 Å². The quantitative estimate of drug-likeness (QED) is 0.540. The van der Waals surface area contributed by atoms with Crippen molar-refractivity contribution in [3.63, 3.8) is 0 Å². The fourth-order valence-electron chi connectivity index (χ4n) is 0.0962. The second-order valence-corrected chi connectivity index (χ2v) is 2.29.